The summed E-state index contributed by atoms with van der Waals surface area (Å²) in [6.45, 7) is 4.66. The van der Waals surface area contributed by atoms with Crippen LogP contribution in [0.15, 0.2) is 36.9 Å². The van der Waals surface area contributed by atoms with Crippen molar-refractivity contribution in [3.05, 3.63) is 42.5 Å². The van der Waals surface area contributed by atoms with Gasteiger partial charge in [0, 0.05) is 25.9 Å². The van der Waals surface area contributed by atoms with E-state index in [-0.39, 0.29) is 12.1 Å². The summed E-state index contributed by atoms with van der Waals surface area (Å²) in [5.41, 5.74) is 0.971. The summed E-state index contributed by atoms with van der Waals surface area (Å²) >= 11 is 0. The second kappa shape index (κ2) is 10.0. The third kappa shape index (κ3) is 6.74. The maximum atomic E-state index is 11.9. The Kier molecular flexibility index (Phi) is 7.72. The predicted octanol–water partition coefficient (Wildman–Crippen LogP) is 1.56. The molecule has 3 atom stereocenters. The summed E-state index contributed by atoms with van der Waals surface area (Å²) in [6.07, 6.45) is 1.25. The number of rotatable bonds is 8. The molecule has 1 saturated heterocycles. The number of carbonyl (C=O) groups excluding carboxylic acids is 1. The van der Waals surface area contributed by atoms with Crippen molar-refractivity contribution in [2.24, 2.45) is 0 Å². The van der Waals surface area contributed by atoms with Gasteiger partial charge in [-0.25, -0.2) is 4.79 Å². The zero-order valence-corrected chi connectivity index (χ0v) is 14.4. The first-order chi connectivity index (χ1) is 12.1. The minimum absolute atomic E-state index is 0.287. The molecule has 2 amide bonds. The molecule has 1 aromatic rings. The first-order valence-corrected chi connectivity index (χ1v) is 8.31. The van der Waals surface area contributed by atoms with Crippen LogP contribution >= 0.6 is 0 Å². The van der Waals surface area contributed by atoms with Crippen molar-refractivity contribution < 1.29 is 24.1 Å². The van der Waals surface area contributed by atoms with Crippen molar-refractivity contribution in [3.8, 4) is 5.75 Å². The van der Waals surface area contributed by atoms with Gasteiger partial charge in [-0.05, 0) is 17.7 Å². The van der Waals surface area contributed by atoms with E-state index >= 15 is 0 Å². The topological polar surface area (TPSA) is 89.1 Å². The highest BCUT2D eigenvalue weighted by Crippen LogP contribution is 2.20. The Balaban J connectivity index is 1.70. The Morgan fingerprint density at radius 1 is 1.36 bits per heavy atom. The fourth-order valence-corrected chi connectivity index (χ4v) is 2.56. The number of amides is 2. The van der Waals surface area contributed by atoms with Crippen LogP contribution in [0.4, 0.5) is 4.79 Å². The molecule has 138 valence electrons. The SMILES string of the molecule is C=CCOC1CC(O)CC(CNC(=O)NCc2ccc(OC)cc2)O1. The minimum Gasteiger partial charge on any atom is -0.497 e. The summed E-state index contributed by atoms with van der Waals surface area (Å²) in [5, 5.41) is 15.4. The molecule has 0 aliphatic carbocycles. The first-order valence-electron chi connectivity index (χ1n) is 8.31. The van der Waals surface area contributed by atoms with Crippen LogP contribution in [0.1, 0.15) is 18.4 Å². The van der Waals surface area contributed by atoms with Crippen molar-refractivity contribution in [1.82, 2.24) is 10.6 Å². The number of benzene rings is 1. The van der Waals surface area contributed by atoms with Gasteiger partial charge in [0.25, 0.3) is 0 Å². The van der Waals surface area contributed by atoms with Crippen LogP contribution in [-0.2, 0) is 16.0 Å². The van der Waals surface area contributed by atoms with E-state index in [1.165, 1.54) is 0 Å². The normalized spacial score (nSPS) is 22.9. The maximum absolute atomic E-state index is 11.9. The molecule has 1 heterocycles. The lowest BCUT2D eigenvalue weighted by Crippen LogP contribution is -2.45. The Morgan fingerprint density at radius 2 is 2.12 bits per heavy atom. The fourth-order valence-electron chi connectivity index (χ4n) is 2.56. The molecule has 0 aromatic heterocycles. The lowest BCUT2D eigenvalue weighted by atomic mass is 10.1. The highest BCUT2D eigenvalue weighted by molar-refractivity contribution is 5.73. The molecule has 7 nitrogen and oxygen atoms in total. The Morgan fingerprint density at radius 3 is 2.80 bits per heavy atom. The quantitative estimate of drug-likeness (QED) is 0.619. The molecule has 1 aliphatic heterocycles. The van der Waals surface area contributed by atoms with Gasteiger partial charge >= 0.3 is 6.03 Å². The predicted molar refractivity (Wildman–Crippen MR) is 93.3 cm³/mol. The van der Waals surface area contributed by atoms with Gasteiger partial charge in [0.15, 0.2) is 6.29 Å². The number of nitrogens with one attached hydrogen (secondary N) is 2. The molecule has 0 spiro atoms. The maximum Gasteiger partial charge on any atom is 0.315 e. The average molecular weight is 350 g/mol. The molecule has 0 saturated carbocycles. The average Bonchev–Trinajstić information content (AvgIpc) is 2.63. The van der Waals surface area contributed by atoms with Crippen molar-refractivity contribution in [2.75, 3.05) is 20.3 Å². The van der Waals surface area contributed by atoms with Crippen LogP contribution in [-0.4, -0.2) is 49.9 Å². The Labute approximate surface area is 148 Å². The van der Waals surface area contributed by atoms with E-state index in [0.29, 0.717) is 32.5 Å². The summed E-state index contributed by atoms with van der Waals surface area (Å²) < 4.78 is 16.2. The van der Waals surface area contributed by atoms with Crippen LogP contribution in [0.3, 0.4) is 0 Å². The van der Waals surface area contributed by atoms with Crippen LogP contribution in [0, 0.1) is 0 Å². The van der Waals surface area contributed by atoms with Gasteiger partial charge < -0.3 is 30.0 Å². The molecule has 1 aromatic carbocycles. The van der Waals surface area contributed by atoms with Crippen molar-refractivity contribution >= 4 is 6.03 Å². The molecular weight excluding hydrogens is 324 g/mol. The molecule has 25 heavy (non-hydrogen) atoms. The van der Waals surface area contributed by atoms with E-state index in [0.717, 1.165) is 11.3 Å². The van der Waals surface area contributed by atoms with E-state index in [2.05, 4.69) is 17.2 Å². The zero-order valence-electron chi connectivity index (χ0n) is 14.4. The highest BCUT2D eigenvalue weighted by atomic mass is 16.7. The first kappa shape index (κ1) is 19.2. The van der Waals surface area contributed by atoms with E-state index < -0.39 is 12.4 Å². The van der Waals surface area contributed by atoms with Gasteiger partial charge in [-0.3, -0.25) is 0 Å². The van der Waals surface area contributed by atoms with Gasteiger partial charge in [0.2, 0.25) is 0 Å². The van der Waals surface area contributed by atoms with Gasteiger partial charge in [0.1, 0.15) is 5.75 Å². The summed E-state index contributed by atoms with van der Waals surface area (Å²) in [7, 11) is 1.61. The van der Waals surface area contributed by atoms with Crippen LogP contribution < -0.4 is 15.4 Å². The summed E-state index contributed by atoms with van der Waals surface area (Å²) in [4.78, 5) is 11.9. The molecule has 0 radical (unpaired) electrons. The van der Waals surface area contributed by atoms with E-state index in [1.807, 2.05) is 24.3 Å². The lowest BCUT2D eigenvalue weighted by Gasteiger charge is -2.32. The molecule has 3 N–H and O–H groups in total. The van der Waals surface area contributed by atoms with Crippen molar-refractivity contribution in [2.45, 2.75) is 37.9 Å². The van der Waals surface area contributed by atoms with Gasteiger partial charge in [-0.2, -0.15) is 0 Å². The van der Waals surface area contributed by atoms with Gasteiger partial charge in [-0.1, -0.05) is 18.2 Å². The number of carbonyl (C=O) groups is 1. The number of aliphatic hydroxyl groups is 1. The summed E-state index contributed by atoms with van der Waals surface area (Å²) in [6, 6.07) is 7.18. The molecular formula is C18H26N2O5. The van der Waals surface area contributed by atoms with Crippen LogP contribution in [0.2, 0.25) is 0 Å². The monoisotopic (exact) mass is 350 g/mol. The lowest BCUT2D eigenvalue weighted by molar-refractivity contribution is -0.208. The molecule has 3 unspecified atom stereocenters. The van der Waals surface area contributed by atoms with E-state index in [1.54, 1.807) is 13.2 Å². The molecule has 7 heteroatoms. The molecule has 0 bridgehead atoms. The zero-order chi connectivity index (χ0) is 18.1. The van der Waals surface area contributed by atoms with E-state index in [4.69, 9.17) is 14.2 Å². The molecule has 1 aliphatic rings. The standard InChI is InChI=1S/C18H26N2O5/c1-3-8-24-17-10-14(21)9-16(25-17)12-20-18(22)19-11-13-4-6-15(23-2)7-5-13/h3-7,14,16-17,21H,1,8-12H2,2H3,(H2,19,20,22). The number of aliphatic hydroxyl groups excluding tert-OH is 1. The minimum atomic E-state index is -0.502. The van der Waals surface area contributed by atoms with Gasteiger partial charge in [0.05, 0.1) is 25.9 Å². The van der Waals surface area contributed by atoms with Crippen LogP contribution in [0.25, 0.3) is 0 Å². The number of methoxy groups -OCH3 is 1. The largest absolute Gasteiger partial charge is 0.497 e. The number of hydrogen-bond acceptors (Lipinski definition) is 5. The third-order valence-corrected chi connectivity index (χ3v) is 3.85. The number of hydrogen-bond donors (Lipinski definition) is 3. The Bertz CT molecular complexity index is 549. The number of ether oxygens (including phenoxy) is 3. The van der Waals surface area contributed by atoms with Crippen molar-refractivity contribution in [1.29, 1.82) is 0 Å². The summed E-state index contributed by atoms with van der Waals surface area (Å²) in [5.74, 6) is 0.773. The Hall–Kier alpha value is -2.09. The van der Waals surface area contributed by atoms with E-state index in [9.17, 15) is 9.90 Å². The number of urea groups is 1. The third-order valence-electron chi connectivity index (χ3n) is 3.85. The second-order valence-corrected chi connectivity index (χ2v) is 5.85. The van der Waals surface area contributed by atoms with Crippen LogP contribution in [0.5, 0.6) is 5.75 Å². The molecule has 1 fully saturated rings. The highest BCUT2D eigenvalue weighted by Gasteiger charge is 2.28. The van der Waals surface area contributed by atoms with Crippen molar-refractivity contribution in [3.63, 3.8) is 0 Å². The van der Waals surface area contributed by atoms with Gasteiger partial charge in [-0.15, -0.1) is 6.58 Å². The molecule has 2 rings (SSSR count). The fraction of sp³-hybridized carbons (Fsp3) is 0.500. The second-order valence-electron chi connectivity index (χ2n) is 5.85. The smallest absolute Gasteiger partial charge is 0.315 e.